The van der Waals surface area contributed by atoms with Crippen molar-refractivity contribution in [3.63, 3.8) is 0 Å². The van der Waals surface area contributed by atoms with Crippen LogP contribution in [0.2, 0.25) is 0 Å². The summed E-state index contributed by atoms with van der Waals surface area (Å²) in [6, 6.07) is -0.212. The van der Waals surface area contributed by atoms with Gasteiger partial charge < -0.3 is 0 Å². The molecule has 1 aliphatic rings. The van der Waals surface area contributed by atoms with E-state index in [4.69, 9.17) is 0 Å². The van der Waals surface area contributed by atoms with E-state index in [2.05, 4.69) is 10.2 Å². The van der Waals surface area contributed by atoms with Crippen molar-refractivity contribution in [1.29, 1.82) is 0 Å². The molecule has 1 saturated heterocycles. The maximum Gasteiger partial charge on any atom is 0.230 e. The fourth-order valence-corrected chi connectivity index (χ4v) is 1.66. The molecule has 1 N–H and O–H groups in total. The molecule has 1 unspecified atom stereocenters. The van der Waals surface area contributed by atoms with Gasteiger partial charge in [-0.15, -0.1) is 0 Å². The van der Waals surface area contributed by atoms with Crippen LogP contribution in [-0.2, 0) is 9.59 Å². The summed E-state index contributed by atoms with van der Waals surface area (Å²) in [6.45, 7) is 1.83. The molecule has 0 aliphatic carbocycles. The number of H-pyrrole nitrogens is 1. The number of nitrogens with zero attached hydrogens (tertiary/aromatic N) is 2. The van der Waals surface area contributed by atoms with Crippen LogP contribution in [0.3, 0.4) is 0 Å². The van der Waals surface area contributed by atoms with Crippen LogP contribution in [0.5, 0.6) is 0 Å². The largest absolute Gasteiger partial charge is 0.285 e. The molecule has 1 aliphatic heterocycles. The number of aromatic amines is 1. The lowest BCUT2D eigenvalue weighted by Gasteiger charge is -2.20. The van der Waals surface area contributed by atoms with Crippen LogP contribution in [-0.4, -0.2) is 26.9 Å². The van der Waals surface area contributed by atoms with Crippen LogP contribution in [0.4, 0.5) is 0 Å². The first kappa shape index (κ1) is 8.93. The van der Waals surface area contributed by atoms with Crippen LogP contribution < -0.4 is 0 Å². The molecule has 0 radical (unpaired) electrons. The van der Waals surface area contributed by atoms with E-state index in [0.717, 1.165) is 5.56 Å². The molecule has 1 fully saturated rings. The Morgan fingerprint density at radius 3 is 2.57 bits per heavy atom. The Morgan fingerprint density at radius 2 is 2.07 bits per heavy atom. The highest BCUT2D eigenvalue weighted by Gasteiger charge is 2.33. The number of likely N-dealkylation sites (tertiary alicyclic amines) is 1. The molecular formula is C9H11N3O2. The van der Waals surface area contributed by atoms with Gasteiger partial charge in [0.1, 0.15) is 0 Å². The molecule has 1 aromatic rings. The molecule has 5 nitrogen and oxygen atoms in total. The van der Waals surface area contributed by atoms with Gasteiger partial charge in [0.2, 0.25) is 11.8 Å². The highest BCUT2D eigenvalue weighted by atomic mass is 16.2. The maximum absolute atomic E-state index is 11.4. The Bertz CT molecular complexity index is 342. The Balaban J connectivity index is 2.22. The Labute approximate surface area is 81.1 Å². The standard InChI is InChI=1S/C9H11N3O2/c1-6(7-4-10-11-5-7)12-8(13)2-3-9(12)14/h4-6H,2-3H2,1H3,(H,10,11). The van der Waals surface area contributed by atoms with Crippen molar-refractivity contribution >= 4 is 11.8 Å². The second-order valence-electron chi connectivity index (χ2n) is 3.37. The summed E-state index contributed by atoms with van der Waals surface area (Å²) in [4.78, 5) is 24.1. The predicted octanol–water partition coefficient (Wildman–Crippen LogP) is 0.620. The monoisotopic (exact) mass is 193 g/mol. The van der Waals surface area contributed by atoms with E-state index in [1.54, 1.807) is 12.4 Å². The third kappa shape index (κ3) is 1.30. The van der Waals surface area contributed by atoms with E-state index in [9.17, 15) is 9.59 Å². The summed E-state index contributed by atoms with van der Waals surface area (Å²) in [5, 5.41) is 6.45. The topological polar surface area (TPSA) is 66.1 Å². The smallest absolute Gasteiger partial charge is 0.230 e. The normalized spacial score (nSPS) is 19.1. The summed E-state index contributed by atoms with van der Waals surface area (Å²) in [5.74, 6) is -0.188. The lowest BCUT2D eigenvalue weighted by Crippen LogP contribution is -2.31. The second kappa shape index (κ2) is 3.25. The van der Waals surface area contributed by atoms with E-state index >= 15 is 0 Å². The molecular weight excluding hydrogens is 182 g/mol. The number of amides is 2. The summed E-state index contributed by atoms with van der Waals surface area (Å²) in [7, 11) is 0. The molecule has 2 rings (SSSR count). The molecule has 0 spiro atoms. The molecule has 14 heavy (non-hydrogen) atoms. The zero-order valence-corrected chi connectivity index (χ0v) is 7.86. The SMILES string of the molecule is CC(c1cn[nH]c1)N1C(=O)CCC1=O. The average molecular weight is 193 g/mol. The molecule has 1 aromatic heterocycles. The summed E-state index contributed by atoms with van der Waals surface area (Å²) >= 11 is 0. The van der Waals surface area contributed by atoms with Gasteiger partial charge in [-0.3, -0.25) is 19.6 Å². The number of imide groups is 1. The van der Waals surface area contributed by atoms with Crippen LogP contribution in [0.1, 0.15) is 31.4 Å². The van der Waals surface area contributed by atoms with Gasteiger partial charge in [0.05, 0.1) is 12.2 Å². The first-order valence-electron chi connectivity index (χ1n) is 4.53. The van der Waals surface area contributed by atoms with Crippen molar-refractivity contribution in [3.05, 3.63) is 18.0 Å². The number of hydrogen-bond donors (Lipinski definition) is 1. The van der Waals surface area contributed by atoms with Gasteiger partial charge in [0.25, 0.3) is 0 Å². The molecule has 0 bridgehead atoms. The van der Waals surface area contributed by atoms with Crippen molar-refractivity contribution in [2.75, 3.05) is 0 Å². The third-order valence-electron chi connectivity index (χ3n) is 2.48. The van der Waals surface area contributed by atoms with Crippen molar-refractivity contribution in [2.24, 2.45) is 0 Å². The van der Waals surface area contributed by atoms with Crippen molar-refractivity contribution < 1.29 is 9.59 Å². The van der Waals surface area contributed by atoms with E-state index in [-0.39, 0.29) is 17.9 Å². The molecule has 0 aromatic carbocycles. The molecule has 2 heterocycles. The van der Waals surface area contributed by atoms with E-state index in [1.807, 2.05) is 6.92 Å². The van der Waals surface area contributed by atoms with Gasteiger partial charge in [0, 0.05) is 24.6 Å². The lowest BCUT2D eigenvalue weighted by molar-refractivity contribution is -0.140. The minimum Gasteiger partial charge on any atom is -0.285 e. The molecule has 2 amide bonds. The fourth-order valence-electron chi connectivity index (χ4n) is 1.66. The number of rotatable bonds is 2. The number of carbonyl (C=O) groups excluding carboxylic acids is 2. The Morgan fingerprint density at radius 1 is 1.43 bits per heavy atom. The number of aromatic nitrogens is 2. The molecule has 1 atom stereocenters. The van der Waals surface area contributed by atoms with E-state index < -0.39 is 0 Å². The van der Waals surface area contributed by atoms with Crippen LogP contribution in [0, 0.1) is 0 Å². The third-order valence-corrected chi connectivity index (χ3v) is 2.48. The lowest BCUT2D eigenvalue weighted by atomic mass is 10.1. The molecule has 74 valence electrons. The van der Waals surface area contributed by atoms with Gasteiger partial charge in [-0.05, 0) is 6.92 Å². The minimum atomic E-state index is -0.212. The number of carbonyl (C=O) groups is 2. The van der Waals surface area contributed by atoms with Crippen molar-refractivity contribution in [2.45, 2.75) is 25.8 Å². The number of nitrogens with one attached hydrogen (secondary N) is 1. The molecule has 0 saturated carbocycles. The van der Waals surface area contributed by atoms with Gasteiger partial charge in [-0.1, -0.05) is 0 Å². The van der Waals surface area contributed by atoms with Crippen LogP contribution >= 0.6 is 0 Å². The minimum absolute atomic E-state index is 0.0938. The predicted molar refractivity (Wildman–Crippen MR) is 48.1 cm³/mol. The Hall–Kier alpha value is -1.65. The first-order chi connectivity index (χ1) is 6.70. The van der Waals surface area contributed by atoms with Gasteiger partial charge in [-0.2, -0.15) is 5.10 Å². The zero-order valence-electron chi connectivity index (χ0n) is 7.86. The fraction of sp³-hybridized carbons (Fsp3) is 0.444. The second-order valence-corrected chi connectivity index (χ2v) is 3.37. The quantitative estimate of drug-likeness (QED) is 0.700. The summed E-state index contributed by atoms with van der Waals surface area (Å²) in [6.07, 6.45) is 4.00. The van der Waals surface area contributed by atoms with Crippen LogP contribution in [0.15, 0.2) is 12.4 Å². The Kier molecular flexibility index (Phi) is 2.07. The van der Waals surface area contributed by atoms with E-state index in [0.29, 0.717) is 12.8 Å². The van der Waals surface area contributed by atoms with Gasteiger partial charge in [0.15, 0.2) is 0 Å². The van der Waals surface area contributed by atoms with Gasteiger partial charge in [-0.25, -0.2) is 0 Å². The highest BCUT2D eigenvalue weighted by Crippen LogP contribution is 2.25. The average Bonchev–Trinajstić information content (AvgIpc) is 2.75. The van der Waals surface area contributed by atoms with Crippen LogP contribution in [0.25, 0.3) is 0 Å². The summed E-state index contributed by atoms with van der Waals surface area (Å²) < 4.78 is 0. The van der Waals surface area contributed by atoms with Gasteiger partial charge >= 0.3 is 0 Å². The zero-order chi connectivity index (χ0) is 10.1. The highest BCUT2D eigenvalue weighted by molar-refractivity contribution is 6.02. The summed E-state index contributed by atoms with van der Waals surface area (Å²) in [5.41, 5.74) is 0.855. The van der Waals surface area contributed by atoms with Crippen molar-refractivity contribution in [1.82, 2.24) is 15.1 Å². The number of hydrogen-bond acceptors (Lipinski definition) is 3. The van der Waals surface area contributed by atoms with E-state index in [1.165, 1.54) is 4.90 Å². The first-order valence-corrected chi connectivity index (χ1v) is 4.53. The van der Waals surface area contributed by atoms with Crippen molar-refractivity contribution in [3.8, 4) is 0 Å². The molecule has 5 heteroatoms. The maximum atomic E-state index is 11.4.